The number of nitrogens with zero attached hydrogens (tertiary/aromatic N) is 3. The Hall–Kier alpha value is -0.690. The highest BCUT2D eigenvalue weighted by Gasteiger charge is 2.23. The first kappa shape index (κ1) is 11.4. The summed E-state index contributed by atoms with van der Waals surface area (Å²) in [6.45, 7) is 6.58. The number of nitriles is 1. The fourth-order valence-electron chi connectivity index (χ4n) is 2.11. The average molecular weight is 211 g/mol. The molecule has 0 bridgehead atoms. The Labute approximate surface area is 90.2 Å². The van der Waals surface area contributed by atoms with Crippen molar-refractivity contribution < 1.29 is 0 Å². The zero-order chi connectivity index (χ0) is 10.6. The molecule has 78 valence electrons. The second kappa shape index (κ2) is 5.26. The Bertz CT molecular complexity index is 247. The molecule has 1 saturated heterocycles. The maximum absolute atomic E-state index is 8.55. The quantitative estimate of drug-likeness (QED) is 0.350. The van der Waals surface area contributed by atoms with E-state index in [1.165, 1.54) is 6.42 Å². The van der Waals surface area contributed by atoms with Gasteiger partial charge in [-0.3, -0.25) is 0 Å². The topological polar surface area (TPSA) is 39.4 Å². The SMILES string of the molecule is CSC(=NC#N)N1CC(C)CC(C)C1. The monoisotopic (exact) mass is 211 g/mol. The summed E-state index contributed by atoms with van der Waals surface area (Å²) in [5.41, 5.74) is 0. The third-order valence-corrected chi connectivity index (χ3v) is 3.18. The number of piperidine rings is 1. The van der Waals surface area contributed by atoms with Crippen molar-refractivity contribution in [3.63, 3.8) is 0 Å². The van der Waals surface area contributed by atoms with E-state index in [4.69, 9.17) is 5.26 Å². The van der Waals surface area contributed by atoms with Crippen LogP contribution in [0.1, 0.15) is 20.3 Å². The minimum atomic E-state index is 0.704. The summed E-state index contributed by atoms with van der Waals surface area (Å²) in [4.78, 5) is 6.08. The number of aliphatic imine (C=N–C) groups is 1. The molecule has 2 atom stereocenters. The lowest BCUT2D eigenvalue weighted by atomic mass is 9.92. The Morgan fingerprint density at radius 1 is 1.43 bits per heavy atom. The van der Waals surface area contributed by atoms with Crippen LogP contribution in [0.25, 0.3) is 0 Å². The van der Waals surface area contributed by atoms with Crippen molar-refractivity contribution in [2.45, 2.75) is 20.3 Å². The average Bonchev–Trinajstić information content (AvgIpc) is 2.12. The Balaban J connectivity index is 2.67. The van der Waals surface area contributed by atoms with E-state index in [0.717, 1.165) is 18.3 Å². The minimum absolute atomic E-state index is 0.704. The molecule has 1 aliphatic rings. The first-order valence-corrected chi connectivity index (χ1v) is 6.15. The van der Waals surface area contributed by atoms with E-state index >= 15 is 0 Å². The van der Waals surface area contributed by atoms with Gasteiger partial charge in [-0.1, -0.05) is 25.6 Å². The summed E-state index contributed by atoms with van der Waals surface area (Å²) < 4.78 is 0. The van der Waals surface area contributed by atoms with Crippen LogP contribution in [0.3, 0.4) is 0 Å². The van der Waals surface area contributed by atoms with Gasteiger partial charge >= 0.3 is 0 Å². The van der Waals surface area contributed by atoms with Crippen LogP contribution < -0.4 is 0 Å². The van der Waals surface area contributed by atoms with Gasteiger partial charge in [0.1, 0.15) is 0 Å². The number of thioether (sulfide) groups is 1. The molecule has 14 heavy (non-hydrogen) atoms. The van der Waals surface area contributed by atoms with Gasteiger partial charge in [0, 0.05) is 13.1 Å². The Morgan fingerprint density at radius 3 is 2.43 bits per heavy atom. The number of hydrogen-bond donors (Lipinski definition) is 0. The van der Waals surface area contributed by atoms with Gasteiger partial charge in [0.15, 0.2) is 5.17 Å². The van der Waals surface area contributed by atoms with E-state index in [2.05, 4.69) is 23.7 Å². The lowest BCUT2D eigenvalue weighted by molar-refractivity contribution is 0.217. The predicted octanol–water partition coefficient (Wildman–Crippen LogP) is 2.16. The van der Waals surface area contributed by atoms with E-state index < -0.39 is 0 Å². The van der Waals surface area contributed by atoms with Crippen LogP contribution in [0.2, 0.25) is 0 Å². The van der Waals surface area contributed by atoms with Crippen molar-refractivity contribution >= 4 is 16.9 Å². The zero-order valence-electron chi connectivity index (χ0n) is 9.03. The van der Waals surface area contributed by atoms with Gasteiger partial charge in [0.25, 0.3) is 0 Å². The largest absolute Gasteiger partial charge is 0.350 e. The second-order valence-corrected chi connectivity index (χ2v) is 4.82. The van der Waals surface area contributed by atoms with Crippen molar-refractivity contribution in [3.8, 4) is 6.19 Å². The molecular weight excluding hydrogens is 194 g/mol. The second-order valence-electron chi connectivity index (χ2n) is 4.05. The highest BCUT2D eigenvalue weighted by atomic mass is 32.2. The molecule has 1 heterocycles. The molecule has 1 rings (SSSR count). The molecular formula is C10H17N3S. The minimum Gasteiger partial charge on any atom is -0.350 e. The molecule has 0 aromatic carbocycles. The van der Waals surface area contributed by atoms with Crippen LogP contribution in [-0.2, 0) is 0 Å². The standard InChI is InChI=1S/C10H17N3S/c1-8-4-9(2)6-13(5-8)10(14-3)12-7-11/h8-9H,4-6H2,1-3H3. The van der Waals surface area contributed by atoms with Crippen molar-refractivity contribution in [1.82, 2.24) is 4.90 Å². The van der Waals surface area contributed by atoms with Crippen LogP contribution in [0.5, 0.6) is 0 Å². The zero-order valence-corrected chi connectivity index (χ0v) is 9.84. The fraction of sp³-hybridized carbons (Fsp3) is 0.800. The molecule has 0 radical (unpaired) electrons. The summed E-state index contributed by atoms with van der Waals surface area (Å²) in [7, 11) is 0. The first-order valence-electron chi connectivity index (χ1n) is 4.93. The summed E-state index contributed by atoms with van der Waals surface area (Å²) in [6, 6.07) is 0. The van der Waals surface area contributed by atoms with Crippen molar-refractivity contribution in [1.29, 1.82) is 5.26 Å². The van der Waals surface area contributed by atoms with Crippen LogP contribution in [-0.4, -0.2) is 29.4 Å². The molecule has 0 N–H and O–H groups in total. The van der Waals surface area contributed by atoms with Gasteiger partial charge < -0.3 is 4.90 Å². The van der Waals surface area contributed by atoms with E-state index in [0.29, 0.717) is 11.8 Å². The summed E-state index contributed by atoms with van der Waals surface area (Å²) in [6.07, 6.45) is 5.13. The smallest absolute Gasteiger partial charge is 0.208 e. The van der Waals surface area contributed by atoms with Gasteiger partial charge in [-0.15, -0.1) is 4.99 Å². The molecule has 4 heteroatoms. The van der Waals surface area contributed by atoms with Crippen molar-refractivity contribution in [2.24, 2.45) is 16.8 Å². The van der Waals surface area contributed by atoms with Crippen LogP contribution >= 0.6 is 11.8 Å². The normalized spacial score (nSPS) is 28.7. The Morgan fingerprint density at radius 2 is 2.00 bits per heavy atom. The summed E-state index contributed by atoms with van der Waals surface area (Å²) in [5.74, 6) is 1.41. The molecule has 0 aromatic heterocycles. The summed E-state index contributed by atoms with van der Waals surface area (Å²) >= 11 is 1.56. The maximum Gasteiger partial charge on any atom is 0.208 e. The van der Waals surface area contributed by atoms with Crippen LogP contribution in [0.4, 0.5) is 0 Å². The van der Waals surface area contributed by atoms with Crippen molar-refractivity contribution in [3.05, 3.63) is 0 Å². The molecule has 0 aliphatic carbocycles. The lowest BCUT2D eigenvalue weighted by Gasteiger charge is -2.36. The van der Waals surface area contributed by atoms with E-state index in [1.807, 2.05) is 12.4 Å². The number of hydrogen-bond acceptors (Lipinski definition) is 3. The molecule has 0 saturated carbocycles. The molecule has 0 amide bonds. The van der Waals surface area contributed by atoms with E-state index in [1.54, 1.807) is 11.8 Å². The van der Waals surface area contributed by atoms with Crippen LogP contribution in [0.15, 0.2) is 4.99 Å². The lowest BCUT2D eigenvalue weighted by Crippen LogP contribution is -2.41. The number of amidine groups is 1. The molecule has 0 aromatic rings. The number of likely N-dealkylation sites (tertiary alicyclic amines) is 1. The maximum atomic E-state index is 8.55. The molecule has 1 aliphatic heterocycles. The van der Waals surface area contributed by atoms with Crippen molar-refractivity contribution in [2.75, 3.05) is 19.3 Å². The highest BCUT2D eigenvalue weighted by molar-refractivity contribution is 8.13. The van der Waals surface area contributed by atoms with Gasteiger partial charge in [-0.25, -0.2) is 0 Å². The molecule has 1 fully saturated rings. The number of rotatable bonds is 0. The fourth-order valence-corrected chi connectivity index (χ4v) is 2.65. The molecule has 3 nitrogen and oxygen atoms in total. The van der Waals surface area contributed by atoms with Gasteiger partial charge in [0.05, 0.1) is 0 Å². The third-order valence-electron chi connectivity index (χ3n) is 2.47. The van der Waals surface area contributed by atoms with Gasteiger partial charge in [-0.2, -0.15) is 5.26 Å². The summed E-state index contributed by atoms with van der Waals surface area (Å²) in [5, 5.41) is 9.42. The third kappa shape index (κ3) is 2.91. The predicted molar refractivity (Wildman–Crippen MR) is 61.1 cm³/mol. The highest BCUT2D eigenvalue weighted by Crippen LogP contribution is 2.23. The van der Waals surface area contributed by atoms with Gasteiger partial charge in [0.2, 0.25) is 6.19 Å². The molecule has 0 spiro atoms. The Kier molecular flexibility index (Phi) is 4.27. The first-order chi connectivity index (χ1) is 6.67. The van der Waals surface area contributed by atoms with E-state index in [-0.39, 0.29) is 0 Å². The van der Waals surface area contributed by atoms with Gasteiger partial charge in [-0.05, 0) is 24.5 Å². The van der Waals surface area contributed by atoms with Crippen LogP contribution in [0, 0.1) is 23.3 Å². The molecule has 2 unspecified atom stereocenters. The van der Waals surface area contributed by atoms with E-state index in [9.17, 15) is 0 Å².